The highest BCUT2D eigenvalue weighted by Gasteiger charge is 2.15. The molecule has 0 amide bonds. The summed E-state index contributed by atoms with van der Waals surface area (Å²) in [7, 11) is 0. The molecule has 2 aromatic rings. The van der Waals surface area contributed by atoms with Crippen LogP contribution in [-0.2, 0) is 6.42 Å². The van der Waals surface area contributed by atoms with Gasteiger partial charge in [-0.15, -0.1) is 0 Å². The van der Waals surface area contributed by atoms with Crippen LogP contribution >= 0.6 is 0 Å². The second-order valence-corrected chi connectivity index (χ2v) is 5.66. The summed E-state index contributed by atoms with van der Waals surface area (Å²) in [5.41, 5.74) is 2.79. The van der Waals surface area contributed by atoms with Gasteiger partial charge in [0, 0.05) is 12.7 Å². The van der Waals surface area contributed by atoms with Crippen LogP contribution in [0.3, 0.4) is 0 Å². The molecular weight excluding hydrogens is 258 g/mol. The third-order valence-corrected chi connectivity index (χ3v) is 4.16. The minimum Gasteiger partial charge on any atom is -0.370 e. The molecule has 1 aromatic heterocycles. The minimum atomic E-state index is 0.684. The molecule has 0 saturated carbocycles. The van der Waals surface area contributed by atoms with Gasteiger partial charge in [0.05, 0.1) is 0 Å². The van der Waals surface area contributed by atoms with Crippen LogP contribution in [-0.4, -0.2) is 24.6 Å². The van der Waals surface area contributed by atoms with Gasteiger partial charge >= 0.3 is 0 Å². The summed E-state index contributed by atoms with van der Waals surface area (Å²) in [6.45, 7) is 3.18. The van der Waals surface area contributed by atoms with Crippen LogP contribution in [0.5, 0.6) is 0 Å². The highest BCUT2D eigenvalue weighted by atomic mass is 15.0. The smallest absolute Gasteiger partial charge is 0.126 e. The normalized spacial score (nSPS) is 15.8. The molecule has 3 heteroatoms. The number of nitrogens with one attached hydrogen (secondary N) is 2. The van der Waals surface area contributed by atoms with Gasteiger partial charge in [-0.2, -0.15) is 0 Å². The van der Waals surface area contributed by atoms with Crippen LogP contribution in [0.15, 0.2) is 48.7 Å². The van der Waals surface area contributed by atoms with Gasteiger partial charge in [-0.3, -0.25) is 0 Å². The predicted octanol–water partition coefficient (Wildman–Crippen LogP) is 3.20. The SMILES string of the molecule is c1ccc(CCNc2cc(C3CCNCC3)ccn2)cc1. The molecule has 1 aromatic carbocycles. The number of pyridine rings is 1. The Morgan fingerprint density at radius 2 is 1.90 bits per heavy atom. The maximum absolute atomic E-state index is 4.44. The Balaban J connectivity index is 1.55. The lowest BCUT2D eigenvalue weighted by Gasteiger charge is -2.23. The van der Waals surface area contributed by atoms with E-state index in [1.54, 1.807) is 0 Å². The summed E-state index contributed by atoms with van der Waals surface area (Å²) in [6, 6.07) is 15.0. The Hall–Kier alpha value is -1.87. The average molecular weight is 281 g/mol. The number of aromatic nitrogens is 1. The van der Waals surface area contributed by atoms with Gasteiger partial charge in [0.15, 0.2) is 0 Å². The molecule has 1 aliphatic heterocycles. The van der Waals surface area contributed by atoms with Crippen molar-refractivity contribution in [3.63, 3.8) is 0 Å². The number of piperidine rings is 1. The van der Waals surface area contributed by atoms with E-state index in [0.717, 1.165) is 31.9 Å². The molecule has 110 valence electrons. The van der Waals surface area contributed by atoms with E-state index in [0.29, 0.717) is 5.92 Å². The monoisotopic (exact) mass is 281 g/mol. The van der Waals surface area contributed by atoms with Crippen molar-refractivity contribution in [1.29, 1.82) is 0 Å². The zero-order chi connectivity index (χ0) is 14.3. The highest BCUT2D eigenvalue weighted by molar-refractivity contribution is 5.39. The first-order chi connectivity index (χ1) is 10.4. The number of hydrogen-bond donors (Lipinski definition) is 2. The molecule has 1 aliphatic rings. The van der Waals surface area contributed by atoms with E-state index in [9.17, 15) is 0 Å². The van der Waals surface area contributed by atoms with E-state index in [2.05, 4.69) is 58.1 Å². The van der Waals surface area contributed by atoms with Gasteiger partial charge in [-0.1, -0.05) is 30.3 Å². The van der Waals surface area contributed by atoms with E-state index in [4.69, 9.17) is 0 Å². The molecule has 0 radical (unpaired) electrons. The molecule has 3 rings (SSSR count). The Kier molecular flexibility index (Phi) is 4.85. The largest absolute Gasteiger partial charge is 0.370 e. The number of anilines is 1. The maximum Gasteiger partial charge on any atom is 0.126 e. The van der Waals surface area contributed by atoms with E-state index in [1.807, 2.05) is 6.20 Å². The molecular formula is C18H23N3. The van der Waals surface area contributed by atoms with Crippen molar-refractivity contribution >= 4 is 5.82 Å². The van der Waals surface area contributed by atoms with Crippen molar-refractivity contribution in [3.05, 3.63) is 59.8 Å². The van der Waals surface area contributed by atoms with Crippen molar-refractivity contribution in [1.82, 2.24) is 10.3 Å². The lowest BCUT2D eigenvalue weighted by molar-refractivity contribution is 0.460. The van der Waals surface area contributed by atoms with Gasteiger partial charge in [0.2, 0.25) is 0 Å². The first-order valence-corrected chi connectivity index (χ1v) is 7.86. The Morgan fingerprint density at radius 1 is 1.10 bits per heavy atom. The van der Waals surface area contributed by atoms with Crippen molar-refractivity contribution in [2.45, 2.75) is 25.2 Å². The van der Waals surface area contributed by atoms with Crippen LogP contribution < -0.4 is 10.6 Å². The van der Waals surface area contributed by atoms with Crippen molar-refractivity contribution in [3.8, 4) is 0 Å². The molecule has 2 N–H and O–H groups in total. The maximum atomic E-state index is 4.44. The quantitative estimate of drug-likeness (QED) is 0.883. The summed E-state index contributed by atoms with van der Waals surface area (Å²) < 4.78 is 0. The third kappa shape index (κ3) is 4.05. The van der Waals surface area contributed by atoms with Gasteiger partial charge in [0.1, 0.15) is 5.82 Å². The van der Waals surface area contributed by atoms with Crippen LogP contribution in [0.4, 0.5) is 5.82 Å². The fourth-order valence-electron chi connectivity index (χ4n) is 2.93. The molecule has 0 aliphatic carbocycles. The number of benzene rings is 1. The fraction of sp³-hybridized carbons (Fsp3) is 0.389. The van der Waals surface area contributed by atoms with Gasteiger partial charge in [-0.25, -0.2) is 4.98 Å². The summed E-state index contributed by atoms with van der Waals surface area (Å²) in [5, 5.41) is 6.87. The molecule has 21 heavy (non-hydrogen) atoms. The zero-order valence-corrected chi connectivity index (χ0v) is 12.4. The molecule has 0 bridgehead atoms. The second-order valence-electron chi connectivity index (χ2n) is 5.66. The Bertz CT molecular complexity index is 547. The topological polar surface area (TPSA) is 37.0 Å². The summed E-state index contributed by atoms with van der Waals surface area (Å²) in [4.78, 5) is 4.44. The number of nitrogens with zero attached hydrogens (tertiary/aromatic N) is 1. The third-order valence-electron chi connectivity index (χ3n) is 4.16. The average Bonchev–Trinajstić information content (AvgIpc) is 2.57. The summed E-state index contributed by atoms with van der Waals surface area (Å²) in [6.07, 6.45) is 5.42. The number of hydrogen-bond acceptors (Lipinski definition) is 3. The van der Waals surface area contributed by atoms with Crippen molar-refractivity contribution in [2.75, 3.05) is 25.0 Å². The molecule has 0 spiro atoms. The standard InChI is InChI=1S/C18H23N3/c1-2-4-15(5-3-1)6-12-20-18-14-17(9-13-21-18)16-7-10-19-11-8-16/h1-5,9,13-14,16,19H,6-8,10-12H2,(H,20,21). The lowest BCUT2D eigenvalue weighted by Crippen LogP contribution is -2.26. The number of rotatable bonds is 5. The molecule has 0 unspecified atom stereocenters. The summed E-state index contributed by atoms with van der Waals surface area (Å²) in [5.74, 6) is 1.69. The van der Waals surface area contributed by atoms with Crippen LogP contribution in [0, 0.1) is 0 Å². The minimum absolute atomic E-state index is 0.684. The van der Waals surface area contributed by atoms with Crippen LogP contribution in [0.1, 0.15) is 29.9 Å². The van der Waals surface area contributed by atoms with Crippen molar-refractivity contribution < 1.29 is 0 Å². The van der Waals surface area contributed by atoms with E-state index in [-0.39, 0.29) is 0 Å². The van der Waals surface area contributed by atoms with Crippen molar-refractivity contribution in [2.24, 2.45) is 0 Å². The van der Waals surface area contributed by atoms with Crippen LogP contribution in [0.25, 0.3) is 0 Å². The van der Waals surface area contributed by atoms with Gasteiger partial charge in [0.25, 0.3) is 0 Å². The van der Waals surface area contributed by atoms with E-state index >= 15 is 0 Å². The Morgan fingerprint density at radius 3 is 2.71 bits per heavy atom. The highest BCUT2D eigenvalue weighted by Crippen LogP contribution is 2.26. The molecule has 3 nitrogen and oxygen atoms in total. The molecule has 1 fully saturated rings. The zero-order valence-electron chi connectivity index (χ0n) is 12.4. The van der Waals surface area contributed by atoms with Crippen LogP contribution in [0.2, 0.25) is 0 Å². The fourth-order valence-corrected chi connectivity index (χ4v) is 2.93. The van der Waals surface area contributed by atoms with E-state index in [1.165, 1.54) is 24.0 Å². The predicted molar refractivity (Wildman–Crippen MR) is 87.7 cm³/mol. The van der Waals surface area contributed by atoms with E-state index < -0.39 is 0 Å². The molecule has 2 heterocycles. The lowest BCUT2D eigenvalue weighted by atomic mass is 9.91. The first kappa shape index (κ1) is 14.1. The van der Waals surface area contributed by atoms with Gasteiger partial charge in [-0.05, 0) is 61.5 Å². The first-order valence-electron chi connectivity index (χ1n) is 7.86. The molecule has 1 saturated heterocycles. The molecule has 0 atom stereocenters. The summed E-state index contributed by atoms with van der Waals surface area (Å²) >= 11 is 0. The second kappa shape index (κ2) is 7.23. The Labute approximate surface area is 126 Å². The van der Waals surface area contributed by atoms with Gasteiger partial charge < -0.3 is 10.6 Å².